The third kappa shape index (κ3) is 3.33. The molecule has 0 aromatic heterocycles. The Morgan fingerprint density at radius 1 is 1.00 bits per heavy atom. The quantitative estimate of drug-likeness (QED) is 0.180. The van der Waals surface area contributed by atoms with Crippen LogP contribution in [0.4, 0.5) is 0 Å². The van der Waals surface area contributed by atoms with Gasteiger partial charge < -0.3 is 5.32 Å². The van der Waals surface area contributed by atoms with Crippen molar-refractivity contribution in [2.24, 2.45) is 5.84 Å². The number of hydrogen-bond donors (Lipinski definition) is 3. The second-order valence-corrected chi connectivity index (χ2v) is 3.64. The third-order valence-corrected chi connectivity index (χ3v) is 2.53. The molecule has 0 unspecified atom stereocenters. The summed E-state index contributed by atoms with van der Waals surface area (Å²) in [6.07, 6.45) is 6.60. The first-order valence-electron chi connectivity index (χ1n) is 5.05. The molecule has 4 N–H and O–H groups in total. The van der Waals surface area contributed by atoms with Gasteiger partial charge in [0.1, 0.15) is 0 Å². The maximum absolute atomic E-state index is 11.2. The Morgan fingerprint density at radius 3 is 2.07 bits per heavy atom. The van der Waals surface area contributed by atoms with E-state index in [4.69, 9.17) is 5.84 Å². The van der Waals surface area contributed by atoms with E-state index in [9.17, 15) is 9.59 Å². The molecule has 0 atom stereocenters. The molecule has 14 heavy (non-hydrogen) atoms. The first kappa shape index (κ1) is 11.0. The van der Waals surface area contributed by atoms with Crippen LogP contribution in [0.15, 0.2) is 0 Å². The van der Waals surface area contributed by atoms with Crippen LogP contribution in [0, 0.1) is 0 Å². The fourth-order valence-corrected chi connectivity index (χ4v) is 1.74. The fraction of sp³-hybridized carbons (Fsp3) is 0.778. The lowest BCUT2D eigenvalue weighted by molar-refractivity contribution is -0.139. The second kappa shape index (κ2) is 5.59. The maximum atomic E-state index is 11.2. The first-order valence-corrected chi connectivity index (χ1v) is 5.05. The molecule has 0 aromatic carbocycles. The minimum Gasteiger partial charge on any atom is -0.345 e. The van der Waals surface area contributed by atoms with Crippen LogP contribution in [0.2, 0.25) is 0 Å². The van der Waals surface area contributed by atoms with Gasteiger partial charge in [-0.1, -0.05) is 25.7 Å². The fourth-order valence-electron chi connectivity index (χ4n) is 1.74. The topological polar surface area (TPSA) is 84.2 Å². The Balaban J connectivity index is 2.34. The molecule has 80 valence electrons. The molecule has 2 amide bonds. The SMILES string of the molecule is NNC(=O)C(=O)NC1CCCCCC1. The summed E-state index contributed by atoms with van der Waals surface area (Å²) in [7, 11) is 0. The van der Waals surface area contributed by atoms with E-state index in [2.05, 4.69) is 5.32 Å². The van der Waals surface area contributed by atoms with Gasteiger partial charge in [0.2, 0.25) is 0 Å². The molecule has 1 rings (SSSR count). The molecule has 1 saturated carbocycles. The summed E-state index contributed by atoms with van der Waals surface area (Å²) in [6, 6.07) is 0.141. The minimum absolute atomic E-state index is 0.141. The van der Waals surface area contributed by atoms with E-state index in [0.29, 0.717) is 0 Å². The lowest BCUT2D eigenvalue weighted by atomic mass is 10.1. The lowest BCUT2D eigenvalue weighted by Crippen LogP contribution is -2.46. The van der Waals surface area contributed by atoms with Crippen molar-refractivity contribution < 1.29 is 9.59 Å². The van der Waals surface area contributed by atoms with Gasteiger partial charge in [-0.3, -0.25) is 15.0 Å². The number of hydrogen-bond acceptors (Lipinski definition) is 3. The molecular weight excluding hydrogens is 182 g/mol. The Morgan fingerprint density at radius 2 is 1.57 bits per heavy atom. The monoisotopic (exact) mass is 199 g/mol. The van der Waals surface area contributed by atoms with E-state index in [1.165, 1.54) is 12.8 Å². The second-order valence-electron chi connectivity index (χ2n) is 3.64. The van der Waals surface area contributed by atoms with Crippen molar-refractivity contribution >= 4 is 11.8 Å². The average Bonchev–Trinajstić information content (AvgIpc) is 2.45. The van der Waals surface area contributed by atoms with Gasteiger partial charge >= 0.3 is 11.8 Å². The van der Waals surface area contributed by atoms with Crippen LogP contribution < -0.4 is 16.6 Å². The van der Waals surface area contributed by atoms with Gasteiger partial charge in [0.15, 0.2) is 0 Å². The van der Waals surface area contributed by atoms with Crippen LogP contribution in [0.3, 0.4) is 0 Å². The van der Waals surface area contributed by atoms with E-state index >= 15 is 0 Å². The highest BCUT2D eigenvalue weighted by Gasteiger charge is 2.18. The van der Waals surface area contributed by atoms with Crippen molar-refractivity contribution in [1.82, 2.24) is 10.7 Å². The molecule has 0 spiro atoms. The Hall–Kier alpha value is -1.10. The minimum atomic E-state index is -0.769. The van der Waals surface area contributed by atoms with Crippen molar-refractivity contribution in [3.05, 3.63) is 0 Å². The number of amides is 2. The van der Waals surface area contributed by atoms with Gasteiger partial charge in [0.05, 0.1) is 0 Å². The Bertz CT molecular complexity index is 210. The summed E-state index contributed by atoms with van der Waals surface area (Å²) in [4.78, 5) is 22.0. The number of nitrogens with two attached hydrogens (primary N) is 1. The van der Waals surface area contributed by atoms with Crippen LogP contribution in [-0.4, -0.2) is 17.9 Å². The molecular formula is C9H17N3O2. The van der Waals surface area contributed by atoms with Gasteiger partial charge in [0.25, 0.3) is 0 Å². The lowest BCUT2D eigenvalue weighted by Gasteiger charge is -2.14. The number of carbonyl (C=O) groups excluding carboxylic acids is 2. The summed E-state index contributed by atoms with van der Waals surface area (Å²) >= 11 is 0. The summed E-state index contributed by atoms with van der Waals surface area (Å²) in [5, 5.41) is 2.68. The number of rotatable bonds is 1. The molecule has 0 saturated heterocycles. The summed E-state index contributed by atoms with van der Waals surface area (Å²) in [6.45, 7) is 0. The predicted molar refractivity (Wildman–Crippen MR) is 52.0 cm³/mol. The van der Waals surface area contributed by atoms with Crippen LogP contribution in [0.25, 0.3) is 0 Å². The van der Waals surface area contributed by atoms with Gasteiger partial charge in [-0.15, -0.1) is 0 Å². The summed E-state index contributed by atoms with van der Waals surface area (Å²) < 4.78 is 0. The van der Waals surface area contributed by atoms with Crippen LogP contribution in [0.5, 0.6) is 0 Å². The van der Waals surface area contributed by atoms with Crippen LogP contribution >= 0.6 is 0 Å². The van der Waals surface area contributed by atoms with E-state index in [1.54, 1.807) is 0 Å². The molecule has 5 nitrogen and oxygen atoms in total. The number of hydrazine groups is 1. The molecule has 0 heterocycles. The molecule has 5 heteroatoms. The van der Waals surface area contributed by atoms with Crippen LogP contribution in [0.1, 0.15) is 38.5 Å². The van der Waals surface area contributed by atoms with Gasteiger partial charge in [-0.25, -0.2) is 5.84 Å². The van der Waals surface area contributed by atoms with Crippen molar-refractivity contribution in [3.8, 4) is 0 Å². The molecule has 0 aliphatic heterocycles. The normalized spacial score (nSPS) is 18.4. The third-order valence-electron chi connectivity index (χ3n) is 2.53. The number of nitrogens with one attached hydrogen (secondary N) is 2. The zero-order chi connectivity index (χ0) is 10.4. The number of carbonyl (C=O) groups is 2. The van der Waals surface area contributed by atoms with E-state index in [-0.39, 0.29) is 6.04 Å². The van der Waals surface area contributed by atoms with Gasteiger partial charge in [-0.2, -0.15) is 0 Å². The van der Waals surface area contributed by atoms with Crippen molar-refractivity contribution in [2.45, 2.75) is 44.6 Å². The smallest absolute Gasteiger partial charge is 0.323 e. The molecule has 1 aliphatic rings. The summed E-state index contributed by atoms with van der Waals surface area (Å²) in [5.74, 6) is 3.45. The highest BCUT2D eigenvalue weighted by Crippen LogP contribution is 2.16. The van der Waals surface area contributed by atoms with Gasteiger partial charge in [0, 0.05) is 6.04 Å². The molecule has 0 aromatic rings. The largest absolute Gasteiger partial charge is 0.345 e. The van der Waals surface area contributed by atoms with E-state index in [0.717, 1.165) is 25.7 Å². The van der Waals surface area contributed by atoms with E-state index in [1.807, 2.05) is 5.43 Å². The predicted octanol–water partition coefficient (Wildman–Crippen LogP) is -0.185. The molecule has 0 bridgehead atoms. The Kier molecular flexibility index (Phi) is 4.39. The van der Waals surface area contributed by atoms with Crippen molar-refractivity contribution in [3.63, 3.8) is 0 Å². The Labute approximate surface area is 83.4 Å². The average molecular weight is 199 g/mol. The molecule has 1 aliphatic carbocycles. The standard InChI is InChI=1S/C9H17N3O2/c10-12-9(14)8(13)11-7-5-3-1-2-4-6-7/h7H,1-6,10H2,(H,11,13)(H,12,14). The van der Waals surface area contributed by atoms with Crippen LogP contribution in [-0.2, 0) is 9.59 Å². The zero-order valence-electron chi connectivity index (χ0n) is 8.21. The maximum Gasteiger partial charge on any atom is 0.323 e. The summed E-state index contributed by atoms with van der Waals surface area (Å²) in [5.41, 5.74) is 1.82. The zero-order valence-corrected chi connectivity index (χ0v) is 8.21. The first-order chi connectivity index (χ1) is 6.74. The van der Waals surface area contributed by atoms with Gasteiger partial charge in [-0.05, 0) is 12.8 Å². The highest BCUT2D eigenvalue weighted by atomic mass is 16.2. The van der Waals surface area contributed by atoms with Crippen molar-refractivity contribution in [1.29, 1.82) is 0 Å². The molecule has 0 radical (unpaired) electrons. The van der Waals surface area contributed by atoms with E-state index < -0.39 is 11.8 Å². The van der Waals surface area contributed by atoms with Crippen molar-refractivity contribution in [2.75, 3.05) is 0 Å². The highest BCUT2D eigenvalue weighted by molar-refractivity contribution is 6.34. The molecule has 1 fully saturated rings.